The SMILES string of the molecule is COc1ccc(NC2=C(/C=C/C3=[N+](Cc4ccccc4)c4ccc(S(=O)(=O)O)cc4C3(C)C)CCC/C2=C\C=C2\N(Cc3ccccc3)c3ccc(S(=O)(=O)O)cc3C2(C)C)cc1. The van der Waals surface area contributed by atoms with Gasteiger partial charge in [0.05, 0.1) is 22.3 Å². The van der Waals surface area contributed by atoms with E-state index < -0.39 is 31.1 Å². The lowest BCUT2D eigenvalue weighted by atomic mass is 9.81. The summed E-state index contributed by atoms with van der Waals surface area (Å²) < 4.78 is 77.0. The summed E-state index contributed by atoms with van der Waals surface area (Å²) in [5.74, 6) is 0.743. The second kappa shape index (κ2) is 16.9. The molecule has 0 saturated heterocycles. The van der Waals surface area contributed by atoms with Crippen LogP contribution in [-0.4, -0.2) is 43.3 Å². The van der Waals surface area contributed by atoms with E-state index in [-0.39, 0.29) is 9.79 Å². The Labute approximate surface area is 370 Å². The minimum Gasteiger partial charge on any atom is -0.497 e. The normalized spacial score (nSPS) is 18.4. The summed E-state index contributed by atoms with van der Waals surface area (Å²) in [5, 5.41) is 3.76. The minimum atomic E-state index is -4.43. The van der Waals surface area contributed by atoms with Crippen LogP contribution in [0.4, 0.5) is 17.1 Å². The molecule has 0 unspecified atom stereocenters. The second-order valence-corrected chi connectivity index (χ2v) is 20.1. The molecular formula is C51H52N3O7S2+. The first kappa shape index (κ1) is 43.6. The number of nitrogens with one attached hydrogen (secondary N) is 1. The first-order valence-corrected chi connectivity index (χ1v) is 23.8. The maximum Gasteiger partial charge on any atom is 0.294 e. The maximum absolute atomic E-state index is 12.3. The molecule has 324 valence electrons. The lowest BCUT2D eigenvalue weighted by Gasteiger charge is -2.28. The molecule has 0 aromatic heterocycles. The van der Waals surface area contributed by atoms with Crippen LogP contribution in [0.15, 0.2) is 178 Å². The van der Waals surface area contributed by atoms with Gasteiger partial charge in [-0.15, -0.1) is 0 Å². The van der Waals surface area contributed by atoms with E-state index in [0.29, 0.717) is 13.1 Å². The van der Waals surface area contributed by atoms with Gasteiger partial charge in [-0.1, -0.05) is 86.7 Å². The highest BCUT2D eigenvalue weighted by Crippen LogP contribution is 2.49. The molecule has 2 heterocycles. The molecule has 12 heteroatoms. The van der Waals surface area contributed by atoms with Gasteiger partial charge in [0, 0.05) is 58.0 Å². The number of anilines is 2. The number of hydrogen-bond acceptors (Lipinski definition) is 7. The highest BCUT2D eigenvalue weighted by atomic mass is 32.2. The van der Waals surface area contributed by atoms with Crippen LogP contribution in [0.3, 0.4) is 0 Å². The lowest BCUT2D eigenvalue weighted by Crippen LogP contribution is -2.27. The van der Waals surface area contributed by atoms with Crippen molar-refractivity contribution in [3.8, 4) is 5.75 Å². The molecule has 2 aliphatic heterocycles. The van der Waals surface area contributed by atoms with Gasteiger partial charge in [0.25, 0.3) is 20.2 Å². The average Bonchev–Trinajstić information content (AvgIpc) is 3.59. The zero-order valence-corrected chi connectivity index (χ0v) is 37.7. The fourth-order valence-electron chi connectivity index (χ4n) is 9.10. The standard InChI is InChI=1S/C51H51N3O7S2/c1-50(2)43-31-41(62(55,56)57)25-27-45(43)53(33-35-13-8-6-9-14-35)47(50)29-19-37-17-12-18-38(49(37)52-39-21-23-40(61-5)24-22-39)20-30-48-51(3,4)44-32-42(63(58,59)60)26-28-46(44)54(48)34-36-15-10-7-11-16-36/h6-11,13-16,19-32H,12,17-18,33-34H2,1-5H3,(H2,55,56,57,58,59,60)/p+1/b37-19+,47-29+. The van der Waals surface area contributed by atoms with Crippen molar-refractivity contribution in [3.05, 3.63) is 190 Å². The first-order chi connectivity index (χ1) is 29.9. The third kappa shape index (κ3) is 8.81. The summed E-state index contributed by atoms with van der Waals surface area (Å²) in [5.41, 5.74) is 10.3. The average molecular weight is 883 g/mol. The van der Waals surface area contributed by atoms with Crippen molar-refractivity contribution in [3.63, 3.8) is 0 Å². The van der Waals surface area contributed by atoms with Crippen LogP contribution in [0.2, 0.25) is 0 Å². The van der Waals surface area contributed by atoms with Crippen LogP contribution < -0.4 is 15.0 Å². The van der Waals surface area contributed by atoms with Gasteiger partial charge in [-0.05, 0) is 116 Å². The first-order valence-electron chi connectivity index (χ1n) is 20.9. The van der Waals surface area contributed by atoms with Gasteiger partial charge < -0.3 is 15.0 Å². The molecule has 0 amide bonds. The molecule has 63 heavy (non-hydrogen) atoms. The van der Waals surface area contributed by atoms with E-state index in [4.69, 9.17) is 4.74 Å². The fourth-order valence-corrected chi connectivity index (χ4v) is 10.1. The van der Waals surface area contributed by atoms with Gasteiger partial charge in [0.1, 0.15) is 5.75 Å². The number of methoxy groups -OCH3 is 1. The zero-order valence-electron chi connectivity index (χ0n) is 36.0. The molecule has 0 bridgehead atoms. The van der Waals surface area contributed by atoms with E-state index in [1.165, 1.54) is 12.1 Å². The molecular weight excluding hydrogens is 831 g/mol. The van der Waals surface area contributed by atoms with Crippen LogP contribution in [0.5, 0.6) is 5.75 Å². The van der Waals surface area contributed by atoms with Crippen LogP contribution in [0, 0.1) is 0 Å². The van der Waals surface area contributed by atoms with E-state index in [1.54, 1.807) is 31.4 Å². The summed E-state index contributed by atoms with van der Waals surface area (Å²) in [4.78, 5) is 1.95. The van der Waals surface area contributed by atoms with Crippen LogP contribution in [0.1, 0.15) is 69.2 Å². The predicted molar refractivity (Wildman–Crippen MR) is 249 cm³/mol. The molecule has 0 spiro atoms. The number of hydrogen-bond donors (Lipinski definition) is 3. The fraction of sp³-hybridized carbons (Fsp3) is 0.235. The van der Waals surface area contributed by atoms with E-state index >= 15 is 0 Å². The predicted octanol–water partition coefficient (Wildman–Crippen LogP) is 10.7. The number of benzene rings is 5. The third-order valence-corrected chi connectivity index (χ3v) is 14.2. The van der Waals surface area contributed by atoms with Crippen molar-refractivity contribution in [2.75, 3.05) is 17.3 Å². The number of allylic oxidation sites excluding steroid dienone is 7. The molecule has 0 radical (unpaired) electrons. The Morgan fingerprint density at radius 2 is 1.33 bits per heavy atom. The van der Waals surface area contributed by atoms with E-state index in [2.05, 4.69) is 91.1 Å². The molecule has 0 atom stereocenters. The highest BCUT2D eigenvalue weighted by Gasteiger charge is 2.45. The van der Waals surface area contributed by atoms with Crippen molar-refractivity contribution in [2.24, 2.45) is 0 Å². The number of fused-ring (bicyclic) bond motifs is 2. The van der Waals surface area contributed by atoms with Gasteiger partial charge in [-0.2, -0.15) is 21.4 Å². The van der Waals surface area contributed by atoms with Crippen LogP contribution in [-0.2, 0) is 44.2 Å². The van der Waals surface area contributed by atoms with Crippen molar-refractivity contribution >= 4 is 43.0 Å². The number of ether oxygens (including phenoxy) is 1. The summed E-state index contributed by atoms with van der Waals surface area (Å²) in [6.45, 7) is 9.43. The Kier molecular flexibility index (Phi) is 11.7. The summed E-state index contributed by atoms with van der Waals surface area (Å²) >= 11 is 0. The molecule has 0 fully saturated rings. The highest BCUT2D eigenvalue weighted by molar-refractivity contribution is 7.86. The molecule has 5 aromatic rings. The van der Waals surface area contributed by atoms with E-state index in [0.717, 1.165) is 92.6 Å². The van der Waals surface area contributed by atoms with E-state index in [1.807, 2.05) is 60.7 Å². The van der Waals surface area contributed by atoms with Crippen molar-refractivity contribution in [1.29, 1.82) is 0 Å². The molecule has 5 aromatic carbocycles. The van der Waals surface area contributed by atoms with Crippen LogP contribution >= 0.6 is 0 Å². The van der Waals surface area contributed by atoms with Gasteiger partial charge in [0.2, 0.25) is 5.69 Å². The third-order valence-electron chi connectivity index (χ3n) is 12.5. The maximum atomic E-state index is 12.3. The van der Waals surface area contributed by atoms with Gasteiger partial charge >= 0.3 is 0 Å². The van der Waals surface area contributed by atoms with Crippen molar-refractivity contribution in [1.82, 2.24) is 0 Å². The minimum absolute atomic E-state index is 0.140. The largest absolute Gasteiger partial charge is 0.497 e. The van der Waals surface area contributed by atoms with Gasteiger partial charge in [-0.3, -0.25) is 9.11 Å². The molecule has 10 nitrogen and oxygen atoms in total. The molecule has 0 saturated carbocycles. The van der Waals surface area contributed by atoms with Crippen LogP contribution in [0.25, 0.3) is 0 Å². The Hall–Kier alpha value is -6.05. The topological polar surface area (TPSA) is 136 Å². The summed E-state index contributed by atoms with van der Waals surface area (Å²) in [6.07, 6.45) is 11.1. The van der Waals surface area contributed by atoms with E-state index in [9.17, 15) is 25.9 Å². The van der Waals surface area contributed by atoms with Gasteiger partial charge in [0.15, 0.2) is 12.3 Å². The van der Waals surface area contributed by atoms with Crippen molar-refractivity contribution < 1.29 is 35.3 Å². The molecule has 8 rings (SSSR count). The monoisotopic (exact) mass is 882 g/mol. The lowest BCUT2D eigenvalue weighted by molar-refractivity contribution is -0.455. The summed E-state index contributed by atoms with van der Waals surface area (Å²) in [6, 6.07) is 37.7. The number of nitrogens with zero attached hydrogens (tertiary/aromatic N) is 2. The molecule has 3 aliphatic rings. The Bertz CT molecular complexity index is 2970. The van der Waals surface area contributed by atoms with Crippen molar-refractivity contribution in [2.45, 2.75) is 80.7 Å². The molecule has 3 N–H and O–H groups in total. The Morgan fingerprint density at radius 1 is 0.714 bits per heavy atom. The Balaban J connectivity index is 1.26. The smallest absolute Gasteiger partial charge is 0.294 e. The Morgan fingerprint density at radius 3 is 1.97 bits per heavy atom. The number of rotatable bonds is 12. The summed E-state index contributed by atoms with van der Waals surface area (Å²) in [7, 11) is -7.21. The molecule has 1 aliphatic carbocycles. The quantitative estimate of drug-likeness (QED) is 0.0826. The zero-order chi connectivity index (χ0) is 44.7. The van der Waals surface area contributed by atoms with Gasteiger partial charge in [-0.25, -0.2) is 0 Å². The second-order valence-electron chi connectivity index (χ2n) is 17.3.